The molecule has 3 rings (SSSR count). The summed E-state index contributed by atoms with van der Waals surface area (Å²) in [6.07, 6.45) is 1.73. The molecule has 2 aromatic carbocycles. The summed E-state index contributed by atoms with van der Waals surface area (Å²) in [5.41, 5.74) is 8.46. The van der Waals surface area contributed by atoms with E-state index in [9.17, 15) is 5.11 Å². The number of aromatic hydroxyl groups is 1. The fraction of sp³-hybridized carbons (Fsp3) is 0.250. The highest BCUT2D eigenvalue weighted by atomic mass is 16.3. The highest BCUT2D eigenvalue weighted by molar-refractivity contribution is 5.39. The third-order valence-corrected chi connectivity index (χ3v) is 3.83. The summed E-state index contributed by atoms with van der Waals surface area (Å²) >= 11 is 0. The summed E-state index contributed by atoms with van der Waals surface area (Å²) in [5, 5.41) is 9.80. The van der Waals surface area contributed by atoms with Crippen LogP contribution in [0.15, 0.2) is 54.6 Å². The molecule has 1 saturated carbocycles. The Morgan fingerprint density at radius 1 is 1.06 bits per heavy atom. The summed E-state index contributed by atoms with van der Waals surface area (Å²) in [7, 11) is 0. The Balaban J connectivity index is 1.78. The van der Waals surface area contributed by atoms with Crippen LogP contribution in [-0.2, 0) is 6.42 Å². The minimum absolute atomic E-state index is 0.194. The second kappa shape index (κ2) is 4.14. The summed E-state index contributed by atoms with van der Waals surface area (Å²) in [5.74, 6) is 0.763. The van der Waals surface area contributed by atoms with Gasteiger partial charge in [0.05, 0.1) is 0 Å². The number of nitrogens with two attached hydrogens (primary N) is 1. The molecule has 2 unspecified atom stereocenters. The van der Waals surface area contributed by atoms with E-state index < -0.39 is 0 Å². The van der Waals surface area contributed by atoms with Crippen molar-refractivity contribution in [3.63, 3.8) is 0 Å². The van der Waals surface area contributed by atoms with E-state index in [1.165, 1.54) is 5.56 Å². The normalized spacial score (nSPS) is 25.9. The van der Waals surface area contributed by atoms with Crippen LogP contribution in [0.2, 0.25) is 0 Å². The molecule has 1 aliphatic rings. The second-order valence-corrected chi connectivity index (χ2v) is 5.21. The molecule has 2 heteroatoms. The quantitative estimate of drug-likeness (QED) is 0.865. The zero-order chi connectivity index (χ0) is 12.6. The van der Waals surface area contributed by atoms with Gasteiger partial charge in [-0.1, -0.05) is 48.5 Å². The SMILES string of the molecule is NC1(Cc2ccccc2O)CC1c1ccccc1. The van der Waals surface area contributed by atoms with E-state index in [-0.39, 0.29) is 5.54 Å². The smallest absolute Gasteiger partial charge is 0.118 e. The molecule has 2 nitrogen and oxygen atoms in total. The maximum absolute atomic E-state index is 9.80. The van der Waals surface area contributed by atoms with Crippen molar-refractivity contribution in [1.82, 2.24) is 0 Å². The molecule has 0 saturated heterocycles. The van der Waals surface area contributed by atoms with E-state index in [1.54, 1.807) is 6.07 Å². The number of phenols is 1. The van der Waals surface area contributed by atoms with Gasteiger partial charge in [0.1, 0.15) is 5.75 Å². The van der Waals surface area contributed by atoms with Gasteiger partial charge in [0.25, 0.3) is 0 Å². The first-order valence-electron chi connectivity index (χ1n) is 6.30. The van der Waals surface area contributed by atoms with Crippen molar-refractivity contribution in [2.24, 2.45) is 5.73 Å². The summed E-state index contributed by atoms with van der Waals surface area (Å²) in [6.45, 7) is 0. The zero-order valence-electron chi connectivity index (χ0n) is 10.2. The summed E-state index contributed by atoms with van der Waals surface area (Å²) in [4.78, 5) is 0. The summed E-state index contributed by atoms with van der Waals surface area (Å²) < 4.78 is 0. The predicted octanol–water partition coefficient (Wildman–Crippen LogP) is 2.82. The molecule has 0 aliphatic heterocycles. The molecule has 2 atom stereocenters. The highest BCUT2D eigenvalue weighted by Crippen LogP contribution is 2.51. The molecule has 0 spiro atoms. The Bertz CT molecular complexity index is 552. The standard InChI is InChI=1S/C16H17NO/c17-16(10-13-8-4-5-9-15(13)18)11-14(16)12-6-2-1-3-7-12/h1-9,14,18H,10-11,17H2. The van der Waals surface area contributed by atoms with Gasteiger partial charge in [0.2, 0.25) is 0 Å². The van der Waals surface area contributed by atoms with E-state index in [4.69, 9.17) is 5.73 Å². The van der Waals surface area contributed by atoms with E-state index in [0.717, 1.165) is 18.4 Å². The van der Waals surface area contributed by atoms with Crippen LogP contribution in [0.3, 0.4) is 0 Å². The van der Waals surface area contributed by atoms with E-state index >= 15 is 0 Å². The van der Waals surface area contributed by atoms with Crippen molar-refractivity contribution in [2.45, 2.75) is 24.3 Å². The van der Waals surface area contributed by atoms with Crippen LogP contribution in [0.4, 0.5) is 0 Å². The predicted molar refractivity (Wildman–Crippen MR) is 72.5 cm³/mol. The topological polar surface area (TPSA) is 46.2 Å². The molecular weight excluding hydrogens is 222 g/mol. The second-order valence-electron chi connectivity index (χ2n) is 5.21. The van der Waals surface area contributed by atoms with Crippen molar-refractivity contribution < 1.29 is 5.11 Å². The van der Waals surface area contributed by atoms with Crippen molar-refractivity contribution in [2.75, 3.05) is 0 Å². The van der Waals surface area contributed by atoms with Gasteiger partial charge in [-0.05, 0) is 30.0 Å². The van der Waals surface area contributed by atoms with E-state index in [0.29, 0.717) is 11.7 Å². The lowest BCUT2D eigenvalue weighted by molar-refractivity contribution is 0.463. The van der Waals surface area contributed by atoms with Crippen molar-refractivity contribution in [1.29, 1.82) is 0 Å². The van der Waals surface area contributed by atoms with Crippen LogP contribution in [0.1, 0.15) is 23.5 Å². The Morgan fingerprint density at radius 2 is 1.72 bits per heavy atom. The molecule has 1 aliphatic carbocycles. The fourth-order valence-corrected chi connectivity index (χ4v) is 2.67. The first kappa shape index (κ1) is 11.3. The molecule has 92 valence electrons. The number of hydrogen-bond donors (Lipinski definition) is 2. The van der Waals surface area contributed by atoms with Crippen molar-refractivity contribution in [3.8, 4) is 5.75 Å². The van der Waals surface area contributed by atoms with Gasteiger partial charge in [-0.3, -0.25) is 0 Å². The first-order valence-corrected chi connectivity index (χ1v) is 6.30. The minimum Gasteiger partial charge on any atom is -0.508 e. The lowest BCUT2D eigenvalue weighted by Crippen LogP contribution is -2.27. The van der Waals surface area contributed by atoms with Crippen LogP contribution in [0.5, 0.6) is 5.75 Å². The van der Waals surface area contributed by atoms with Gasteiger partial charge < -0.3 is 10.8 Å². The average molecular weight is 239 g/mol. The van der Waals surface area contributed by atoms with Gasteiger partial charge in [-0.2, -0.15) is 0 Å². The number of para-hydroxylation sites is 1. The van der Waals surface area contributed by atoms with Crippen molar-refractivity contribution in [3.05, 3.63) is 65.7 Å². The van der Waals surface area contributed by atoms with E-state index in [1.807, 2.05) is 36.4 Å². The van der Waals surface area contributed by atoms with Crippen LogP contribution in [0.25, 0.3) is 0 Å². The van der Waals surface area contributed by atoms with Gasteiger partial charge in [-0.15, -0.1) is 0 Å². The minimum atomic E-state index is -0.194. The zero-order valence-corrected chi connectivity index (χ0v) is 10.2. The van der Waals surface area contributed by atoms with Gasteiger partial charge in [0, 0.05) is 11.5 Å². The molecule has 0 bridgehead atoms. The summed E-state index contributed by atoms with van der Waals surface area (Å²) in [6, 6.07) is 17.8. The Hall–Kier alpha value is -1.80. The van der Waals surface area contributed by atoms with Crippen molar-refractivity contribution >= 4 is 0 Å². The van der Waals surface area contributed by atoms with Crippen LogP contribution >= 0.6 is 0 Å². The Kier molecular flexibility index (Phi) is 2.60. The lowest BCUT2D eigenvalue weighted by Gasteiger charge is -2.13. The van der Waals surface area contributed by atoms with Gasteiger partial charge >= 0.3 is 0 Å². The maximum atomic E-state index is 9.80. The molecule has 1 fully saturated rings. The third-order valence-electron chi connectivity index (χ3n) is 3.83. The molecule has 0 aromatic heterocycles. The molecule has 0 radical (unpaired) electrons. The van der Waals surface area contributed by atoms with E-state index in [2.05, 4.69) is 12.1 Å². The lowest BCUT2D eigenvalue weighted by atomic mass is 9.99. The largest absolute Gasteiger partial charge is 0.508 e. The Morgan fingerprint density at radius 3 is 2.44 bits per heavy atom. The third kappa shape index (κ3) is 2.00. The first-order chi connectivity index (χ1) is 8.69. The van der Waals surface area contributed by atoms with Gasteiger partial charge in [-0.25, -0.2) is 0 Å². The highest BCUT2D eigenvalue weighted by Gasteiger charge is 2.51. The average Bonchev–Trinajstić information content (AvgIpc) is 3.05. The molecule has 18 heavy (non-hydrogen) atoms. The maximum Gasteiger partial charge on any atom is 0.118 e. The molecular formula is C16H17NO. The molecule has 3 N–H and O–H groups in total. The molecule has 0 heterocycles. The fourth-order valence-electron chi connectivity index (χ4n) is 2.67. The van der Waals surface area contributed by atoms with Crippen LogP contribution < -0.4 is 5.73 Å². The number of hydrogen-bond acceptors (Lipinski definition) is 2. The number of rotatable bonds is 3. The van der Waals surface area contributed by atoms with Crippen LogP contribution in [-0.4, -0.2) is 10.6 Å². The monoisotopic (exact) mass is 239 g/mol. The van der Waals surface area contributed by atoms with Crippen LogP contribution in [0, 0.1) is 0 Å². The van der Waals surface area contributed by atoms with Gasteiger partial charge in [0.15, 0.2) is 0 Å². The Labute approximate surface area is 107 Å². The number of benzene rings is 2. The molecule has 2 aromatic rings. The molecule has 0 amide bonds. The number of phenolic OH excluding ortho intramolecular Hbond substituents is 1.